The molecule has 2 aromatic carbocycles. The molecule has 26 heavy (non-hydrogen) atoms. The summed E-state index contributed by atoms with van der Waals surface area (Å²) in [5.41, 5.74) is 2.58. The van der Waals surface area contributed by atoms with Crippen LogP contribution in [0.4, 0.5) is 5.69 Å². The van der Waals surface area contributed by atoms with Gasteiger partial charge in [0, 0.05) is 12.2 Å². The molecule has 1 aliphatic rings. The van der Waals surface area contributed by atoms with Crippen molar-refractivity contribution in [2.24, 2.45) is 0 Å². The minimum Gasteiger partial charge on any atom is -0.342 e. The molecule has 0 bridgehead atoms. The monoisotopic (exact) mass is 351 g/mol. The van der Waals surface area contributed by atoms with E-state index in [0.29, 0.717) is 12.2 Å². The van der Waals surface area contributed by atoms with Crippen molar-refractivity contribution in [1.29, 1.82) is 0 Å². The number of carbonyl (C=O) groups excluding carboxylic acids is 3. The Morgan fingerprint density at radius 1 is 1.12 bits per heavy atom. The molecule has 1 fully saturated rings. The summed E-state index contributed by atoms with van der Waals surface area (Å²) in [6, 6.07) is 16.0. The van der Waals surface area contributed by atoms with Crippen molar-refractivity contribution in [2.75, 3.05) is 11.9 Å². The Bertz CT molecular complexity index is 820. The molecule has 1 aliphatic heterocycles. The van der Waals surface area contributed by atoms with Crippen LogP contribution in [0.15, 0.2) is 54.6 Å². The predicted molar refractivity (Wildman–Crippen MR) is 98.2 cm³/mol. The number of rotatable bonds is 5. The summed E-state index contributed by atoms with van der Waals surface area (Å²) in [6.45, 7) is 2.25. The lowest BCUT2D eigenvalue weighted by atomic mass is 10.1. The number of nitrogens with zero attached hydrogens (tertiary/aromatic N) is 1. The first kappa shape index (κ1) is 17.7. The average molecular weight is 351 g/mol. The van der Waals surface area contributed by atoms with Crippen LogP contribution in [-0.4, -0.2) is 35.2 Å². The Morgan fingerprint density at radius 3 is 2.54 bits per heavy atom. The Morgan fingerprint density at radius 2 is 1.81 bits per heavy atom. The molecular weight excluding hydrogens is 330 g/mol. The number of amides is 3. The van der Waals surface area contributed by atoms with Crippen LogP contribution in [-0.2, 0) is 20.9 Å². The molecule has 6 heteroatoms. The van der Waals surface area contributed by atoms with Gasteiger partial charge in [0.05, 0.1) is 13.0 Å². The third-order valence-electron chi connectivity index (χ3n) is 4.30. The molecule has 2 N–H and O–H groups in total. The van der Waals surface area contributed by atoms with Gasteiger partial charge >= 0.3 is 0 Å². The summed E-state index contributed by atoms with van der Waals surface area (Å²) in [5.74, 6) is -0.804. The van der Waals surface area contributed by atoms with Gasteiger partial charge in [-0.1, -0.05) is 48.5 Å². The maximum atomic E-state index is 12.7. The highest BCUT2D eigenvalue weighted by Gasteiger charge is 2.34. The lowest BCUT2D eigenvalue weighted by Gasteiger charge is -2.32. The van der Waals surface area contributed by atoms with E-state index in [1.54, 1.807) is 6.07 Å². The highest BCUT2D eigenvalue weighted by atomic mass is 16.2. The topological polar surface area (TPSA) is 78.5 Å². The van der Waals surface area contributed by atoms with Crippen molar-refractivity contribution in [3.63, 3.8) is 0 Å². The van der Waals surface area contributed by atoms with Gasteiger partial charge in [0.15, 0.2) is 0 Å². The van der Waals surface area contributed by atoms with Crippen LogP contribution < -0.4 is 10.6 Å². The number of carbonyl (C=O) groups is 3. The van der Waals surface area contributed by atoms with E-state index in [4.69, 9.17) is 0 Å². The van der Waals surface area contributed by atoms with Gasteiger partial charge in [-0.3, -0.25) is 14.4 Å². The molecule has 3 amide bonds. The number of nitrogens with one attached hydrogen (secondary N) is 2. The molecule has 1 heterocycles. The first-order chi connectivity index (χ1) is 12.5. The van der Waals surface area contributed by atoms with E-state index in [1.165, 1.54) is 4.90 Å². The first-order valence-electron chi connectivity index (χ1n) is 8.50. The van der Waals surface area contributed by atoms with Gasteiger partial charge in [0.1, 0.15) is 6.04 Å². The Labute approximate surface area is 152 Å². The second-order valence-electron chi connectivity index (χ2n) is 6.37. The molecule has 1 saturated heterocycles. The van der Waals surface area contributed by atoms with Gasteiger partial charge in [-0.2, -0.15) is 0 Å². The normalized spacial score (nSPS) is 17.0. The Balaban J connectivity index is 1.65. The second-order valence-corrected chi connectivity index (χ2v) is 6.37. The van der Waals surface area contributed by atoms with Crippen LogP contribution >= 0.6 is 0 Å². The van der Waals surface area contributed by atoms with Gasteiger partial charge in [0.25, 0.3) is 0 Å². The summed E-state index contributed by atoms with van der Waals surface area (Å²) < 4.78 is 0. The molecule has 1 unspecified atom stereocenters. The van der Waals surface area contributed by atoms with Crippen LogP contribution in [0.1, 0.15) is 17.5 Å². The van der Waals surface area contributed by atoms with E-state index in [2.05, 4.69) is 10.6 Å². The van der Waals surface area contributed by atoms with Crippen LogP contribution in [0.5, 0.6) is 0 Å². The maximum absolute atomic E-state index is 12.7. The van der Waals surface area contributed by atoms with Crippen molar-refractivity contribution in [1.82, 2.24) is 10.2 Å². The number of piperazine rings is 1. The molecule has 0 aliphatic carbocycles. The Kier molecular flexibility index (Phi) is 5.31. The summed E-state index contributed by atoms with van der Waals surface area (Å²) in [5, 5.41) is 5.42. The molecule has 0 radical (unpaired) electrons. The number of para-hydroxylation sites is 1. The van der Waals surface area contributed by atoms with Crippen molar-refractivity contribution < 1.29 is 14.4 Å². The van der Waals surface area contributed by atoms with Crippen molar-refractivity contribution >= 4 is 23.4 Å². The molecule has 0 saturated carbocycles. The Hall–Kier alpha value is -3.15. The van der Waals surface area contributed by atoms with E-state index >= 15 is 0 Å². The summed E-state index contributed by atoms with van der Waals surface area (Å²) in [6.07, 6.45) is -0.0931. The number of anilines is 1. The van der Waals surface area contributed by atoms with Crippen LogP contribution in [0.25, 0.3) is 0 Å². The van der Waals surface area contributed by atoms with Gasteiger partial charge in [0.2, 0.25) is 17.7 Å². The third kappa shape index (κ3) is 4.27. The maximum Gasteiger partial charge on any atom is 0.246 e. The standard InChI is InChI=1S/C20H21N3O3/c1-14-7-5-6-10-16(14)21-18(24)11-17-20(26)23(13-19(25)22-17)12-15-8-3-2-4-9-15/h2-10,17H,11-13H2,1H3,(H,21,24)(H,22,25). The minimum atomic E-state index is -0.844. The lowest BCUT2D eigenvalue weighted by Crippen LogP contribution is -2.58. The van der Waals surface area contributed by atoms with E-state index < -0.39 is 6.04 Å². The van der Waals surface area contributed by atoms with Crippen LogP contribution in [0.2, 0.25) is 0 Å². The number of aryl methyl sites for hydroxylation is 1. The first-order valence-corrected chi connectivity index (χ1v) is 8.50. The molecule has 134 valence electrons. The van der Waals surface area contributed by atoms with E-state index in [-0.39, 0.29) is 30.7 Å². The zero-order chi connectivity index (χ0) is 18.5. The molecule has 6 nitrogen and oxygen atoms in total. The highest BCUT2D eigenvalue weighted by molar-refractivity contribution is 6.00. The molecule has 0 spiro atoms. The molecule has 0 aromatic heterocycles. The minimum absolute atomic E-state index is 0.00361. The highest BCUT2D eigenvalue weighted by Crippen LogP contribution is 2.15. The van der Waals surface area contributed by atoms with E-state index in [9.17, 15) is 14.4 Å². The van der Waals surface area contributed by atoms with Gasteiger partial charge in [-0.25, -0.2) is 0 Å². The summed E-state index contributed by atoms with van der Waals surface area (Å²) >= 11 is 0. The predicted octanol–water partition coefficient (Wildman–Crippen LogP) is 1.85. The fourth-order valence-corrected chi connectivity index (χ4v) is 2.95. The zero-order valence-corrected chi connectivity index (χ0v) is 14.6. The second kappa shape index (κ2) is 7.82. The molecule has 3 rings (SSSR count). The van der Waals surface area contributed by atoms with Crippen molar-refractivity contribution in [3.8, 4) is 0 Å². The fourth-order valence-electron chi connectivity index (χ4n) is 2.95. The fraction of sp³-hybridized carbons (Fsp3) is 0.250. The lowest BCUT2D eigenvalue weighted by molar-refractivity contribution is -0.145. The SMILES string of the molecule is Cc1ccccc1NC(=O)CC1NC(=O)CN(Cc2ccccc2)C1=O. The number of hydrogen-bond donors (Lipinski definition) is 2. The van der Waals surface area contributed by atoms with E-state index in [0.717, 1.165) is 11.1 Å². The number of hydrogen-bond acceptors (Lipinski definition) is 3. The third-order valence-corrected chi connectivity index (χ3v) is 4.30. The molecule has 1 atom stereocenters. The summed E-state index contributed by atoms with van der Waals surface area (Å²) in [7, 11) is 0. The van der Waals surface area contributed by atoms with Crippen LogP contribution in [0.3, 0.4) is 0 Å². The van der Waals surface area contributed by atoms with Gasteiger partial charge in [-0.15, -0.1) is 0 Å². The van der Waals surface area contributed by atoms with Crippen molar-refractivity contribution in [2.45, 2.75) is 25.9 Å². The number of benzene rings is 2. The van der Waals surface area contributed by atoms with Gasteiger partial charge in [-0.05, 0) is 24.1 Å². The van der Waals surface area contributed by atoms with Crippen molar-refractivity contribution in [3.05, 3.63) is 65.7 Å². The molecule has 2 aromatic rings. The zero-order valence-electron chi connectivity index (χ0n) is 14.6. The quantitative estimate of drug-likeness (QED) is 0.863. The average Bonchev–Trinajstić information content (AvgIpc) is 2.62. The van der Waals surface area contributed by atoms with Gasteiger partial charge < -0.3 is 15.5 Å². The largest absolute Gasteiger partial charge is 0.342 e. The van der Waals surface area contributed by atoms with E-state index in [1.807, 2.05) is 55.5 Å². The molecular formula is C20H21N3O3. The van der Waals surface area contributed by atoms with Crippen LogP contribution in [0, 0.1) is 6.92 Å². The summed E-state index contributed by atoms with van der Waals surface area (Å²) in [4.78, 5) is 38.4. The smallest absolute Gasteiger partial charge is 0.246 e.